The highest BCUT2D eigenvalue weighted by molar-refractivity contribution is 5.87. The standard InChI is InChI=1S/C21H20N2O2/c24-21(25)23-13-11-22(12-14-23)20-9-7-17(8-10-20)19-6-5-16-3-1-2-4-18(16)15-19/h1-10,15H,11-14H2,(H,24,25). The summed E-state index contributed by atoms with van der Waals surface area (Å²) in [6.45, 7) is 2.59. The number of hydrogen-bond donors (Lipinski definition) is 1. The Morgan fingerprint density at radius 2 is 1.40 bits per heavy atom. The summed E-state index contributed by atoms with van der Waals surface area (Å²) in [5, 5.41) is 11.5. The van der Waals surface area contributed by atoms with Gasteiger partial charge in [-0.05, 0) is 40.1 Å². The molecule has 0 bridgehead atoms. The topological polar surface area (TPSA) is 43.8 Å². The van der Waals surface area contributed by atoms with Gasteiger partial charge in [0.1, 0.15) is 0 Å². The van der Waals surface area contributed by atoms with Crippen molar-refractivity contribution in [3.05, 3.63) is 66.7 Å². The summed E-state index contributed by atoms with van der Waals surface area (Å²) in [5.41, 5.74) is 3.55. The van der Waals surface area contributed by atoms with Gasteiger partial charge in [-0.15, -0.1) is 0 Å². The number of nitrogens with zero attached hydrogens (tertiary/aromatic N) is 2. The van der Waals surface area contributed by atoms with Crippen LogP contribution in [-0.4, -0.2) is 42.3 Å². The predicted octanol–water partition coefficient (Wildman–Crippen LogP) is 4.31. The molecule has 4 rings (SSSR count). The third-order valence-corrected chi connectivity index (χ3v) is 4.87. The molecule has 3 aromatic carbocycles. The molecule has 1 heterocycles. The molecule has 0 radical (unpaired) electrons. The van der Waals surface area contributed by atoms with Gasteiger partial charge in [-0.1, -0.05) is 48.5 Å². The van der Waals surface area contributed by atoms with Crippen LogP contribution in [0.4, 0.5) is 10.5 Å². The lowest BCUT2D eigenvalue weighted by atomic mass is 10.0. The van der Waals surface area contributed by atoms with E-state index in [1.54, 1.807) is 0 Å². The lowest BCUT2D eigenvalue weighted by Crippen LogP contribution is -2.48. The number of rotatable bonds is 2. The van der Waals surface area contributed by atoms with E-state index in [1.807, 2.05) is 0 Å². The Hall–Kier alpha value is -3.01. The molecule has 1 aliphatic rings. The summed E-state index contributed by atoms with van der Waals surface area (Å²) in [6, 6.07) is 23.4. The third kappa shape index (κ3) is 3.15. The van der Waals surface area contributed by atoms with Gasteiger partial charge in [-0.2, -0.15) is 0 Å². The van der Waals surface area contributed by atoms with Crippen molar-refractivity contribution in [2.24, 2.45) is 0 Å². The van der Waals surface area contributed by atoms with Crippen molar-refractivity contribution in [3.63, 3.8) is 0 Å². The van der Waals surface area contributed by atoms with E-state index in [2.05, 4.69) is 71.6 Å². The van der Waals surface area contributed by atoms with Crippen LogP contribution in [0.25, 0.3) is 21.9 Å². The monoisotopic (exact) mass is 332 g/mol. The fourth-order valence-electron chi connectivity index (χ4n) is 3.39. The summed E-state index contributed by atoms with van der Waals surface area (Å²) in [7, 11) is 0. The molecule has 126 valence electrons. The molecule has 1 N–H and O–H groups in total. The van der Waals surface area contributed by atoms with E-state index in [9.17, 15) is 4.79 Å². The first-order chi connectivity index (χ1) is 12.2. The van der Waals surface area contributed by atoms with Crippen LogP contribution in [-0.2, 0) is 0 Å². The Morgan fingerprint density at radius 3 is 2.08 bits per heavy atom. The van der Waals surface area contributed by atoms with Crippen LogP contribution in [0.3, 0.4) is 0 Å². The zero-order chi connectivity index (χ0) is 17.2. The Morgan fingerprint density at radius 1 is 0.760 bits per heavy atom. The molecule has 0 spiro atoms. The van der Waals surface area contributed by atoms with Gasteiger partial charge in [0.05, 0.1) is 0 Å². The van der Waals surface area contributed by atoms with Crippen molar-refractivity contribution < 1.29 is 9.90 Å². The van der Waals surface area contributed by atoms with E-state index in [0.717, 1.165) is 18.8 Å². The minimum atomic E-state index is -0.827. The number of carboxylic acid groups (broad SMARTS) is 1. The van der Waals surface area contributed by atoms with Crippen LogP contribution >= 0.6 is 0 Å². The van der Waals surface area contributed by atoms with E-state index in [-0.39, 0.29) is 0 Å². The van der Waals surface area contributed by atoms with Crippen LogP contribution in [0, 0.1) is 0 Å². The second-order valence-corrected chi connectivity index (χ2v) is 6.37. The number of amides is 1. The molecule has 4 heteroatoms. The van der Waals surface area contributed by atoms with Gasteiger partial charge in [0.15, 0.2) is 0 Å². The molecular formula is C21H20N2O2. The van der Waals surface area contributed by atoms with E-state index in [0.29, 0.717) is 13.1 Å². The predicted molar refractivity (Wildman–Crippen MR) is 101 cm³/mol. The molecular weight excluding hydrogens is 312 g/mol. The molecule has 0 atom stereocenters. The first kappa shape index (κ1) is 15.5. The molecule has 1 aliphatic heterocycles. The molecule has 0 aliphatic carbocycles. The summed E-state index contributed by atoms with van der Waals surface area (Å²) >= 11 is 0. The van der Waals surface area contributed by atoms with Crippen LogP contribution in [0.15, 0.2) is 66.7 Å². The first-order valence-corrected chi connectivity index (χ1v) is 8.53. The summed E-state index contributed by atoms with van der Waals surface area (Å²) in [5.74, 6) is 0. The molecule has 1 amide bonds. The minimum absolute atomic E-state index is 0.557. The van der Waals surface area contributed by atoms with Crippen LogP contribution in [0.2, 0.25) is 0 Å². The fraction of sp³-hybridized carbons (Fsp3) is 0.190. The van der Waals surface area contributed by atoms with Crippen molar-refractivity contribution >= 4 is 22.6 Å². The van der Waals surface area contributed by atoms with Gasteiger partial charge in [-0.3, -0.25) is 0 Å². The zero-order valence-electron chi connectivity index (χ0n) is 13.9. The molecule has 3 aromatic rings. The highest BCUT2D eigenvalue weighted by Crippen LogP contribution is 2.27. The van der Waals surface area contributed by atoms with E-state index >= 15 is 0 Å². The Balaban J connectivity index is 1.52. The van der Waals surface area contributed by atoms with Crippen molar-refractivity contribution in [2.45, 2.75) is 0 Å². The smallest absolute Gasteiger partial charge is 0.407 e. The Labute approximate surface area is 146 Å². The second-order valence-electron chi connectivity index (χ2n) is 6.37. The average molecular weight is 332 g/mol. The van der Waals surface area contributed by atoms with Gasteiger partial charge < -0.3 is 14.9 Å². The molecule has 25 heavy (non-hydrogen) atoms. The average Bonchev–Trinajstić information content (AvgIpc) is 2.68. The maximum absolute atomic E-state index is 11.0. The highest BCUT2D eigenvalue weighted by Gasteiger charge is 2.20. The Kier molecular flexibility index (Phi) is 4.02. The number of fused-ring (bicyclic) bond motifs is 1. The molecule has 0 saturated carbocycles. The lowest BCUT2D eigenvalue weighted by Gasteiger charge is -2.34. The maximum atomic E-state index is 11.0. The highest BCUT2D eigenvalue weighted by atomic mass is 16.4. The van der Waals surface area contributed by atoms with Crippen LogP contribution < -0.4 is 4.90 Å². The van der Waals surface area contributed by atoms with Gasteiger partial charge >= 0.3 is 6.09 Å². The quantitative estimate of drug-likeness (QED) is 0.760. The van der Waals surface area contributed by atoms with Crippen molar-refractivity contribution in [1.82, 2.24) is 4.90 Å². The number of piperazine rings is 1. The lowest BCUT2D eigenvalue weighted by molar-refractivity contribution is 0.142. The maximum Gasteiger partial charge on any atom is 0.407 e. The van der Waals surface area contributed by atoms with Crippen LogP contribution in [0.5, 0.6) is 0 Å². The third-order valence-electron chi connectivity index (χ3n) is 4.87. The van der Waals surface area contributed by atoms with E-state index in [1.165, 1.54) is 26.8 Å². The van der Waals surface area contributed by atoms with Crippen molar-refractivity contribution in [3.8, 4) is 11.1 Å². The summed E-state index contributed by atoms with van der Waals surface area (Å²) < 4.78 is 0. The minimum Gasteiger partial charge on any atom is -0.465 e. The SMILES string of the molecule is O=C(O)N1CCN(c2ccc(-c3ccc4ccccc4c3)cc2)CC1. The van der Waals surface area contributed by atoms with Gasteiger partial charge in [0.25, 0.3) is 0 Å². The van der Waals surface area contributed by atoms with Gasteiger partial charge in [0, 0.05) is 31.9 Å². The fourth-order valence-corrected chi connectivity index (χ4v) is 3.39. The van der Waals surface area contributed by atoms with Gasteiger partial charge in [-0.25, -0.2) is 4.79 Å². The van der Waals surface area contributed by atoms with E-state index < -0.39 is 6.09 Å². The van der Waals surface area contributed by atoms with Gasteiger partial charge in [0.2, 0.25) is 0 Å². The second kappa shape index (κ2) is 6.48. The normalized spacial score (nSPS) is 14.7. The van der Waals surface area contributed by atoms with E-state index in [4.69, 9.17) is 5.11 Å². The summed E-state index contributed by atoms with van der Waals surface area (Å²) in [4.78, 5) is 14.7. The van der Waals surface area contributed by atoms with Crippen LogP contribution in [0.1, 0.15) is 0 Å². The molecule has 1 fully saturated rings. The number of benzene rings is 3. The Bertz CT molecular complexity index is 897. The molecule has 4 nitrogen and oxygen atoms in total. The number of hydrogen-bond acceptors (Lipinski definition) is 2. The zero-order valence-corrected chi connectivity index (χ0v) is 13.9. The van der Waals surface area contributed by atoms with Crippen molar-refractivity contribution in [1.29, 1.82) is 0 Å². The largest absolute Gasteiger partial charge is 0.465 e. The number of carbonyl (C=O) groups is 1. The van der Waals surface area contributed by atoms with Crippen molar-refractivity contribution in [2.75, 3.05) is 31.1 Å². The first-order valence-electron chi connectivity index (χ1n) is 8.53. The summed E-state index contributed by atoms with van der Waals surface area (Å²) in [6.07, 6.45) is -0.827. The molecule has 1 saturated heterocycles. The molecule has 0 aromatic heterocycles. The molecule has 0 unspecified atom stereocenters. The number of anilines is 1.